The van der Waals surface area contributed by atoms with E-state index in [2.05, 4.69) is 0 Å². The molecule has 3 aromatic carbocycles. The van der Waals surface area contributed by atoms with Gasteiger partial charge in [0.2, 0.25) is 0 Å². The molecule has 5 nitrogen and oxygen atoms in total. The second-order valence-electron chi connectivity index (χ2n) is 7.09. The van der Waals surface area contributed by atoms with Gasteiger partial charge < -0.3 is 9.47 Å². The zero-order valence-electron chi connectivity index (χ0n) is 17.5. The van der Waals surface area contributed by atoms with E-state index in [9.17, 15) is 9.59 Å². The second kappa shape index (κ2) is 9.12. The number of hydrogen-bond acceptors (Lipinski definition) is 4. The maximum atomic E-state index is 13.4. The van der Waals surface area contributed by atoms with Crippen LogP contribution in [0.5, 0.6) is 5.75 Å². The van der Waals surface area contributed by atoms with Gasteiger partial charge in [0, 0.05) is 16.3 Å². The molecule has 32 heavy (non-hydrogen) atoms. The summed E-state index contributed by atoms with van der Waals surface area (Å²) in [4.78, 5) is 26.8. The van der Waals surface area contributed by atoms with E-state index < -0.39 is 5.97 Å². The molecular formula is C26H20ClNO4. The molecule has 1 aliphatic rings. The van der Waals surface area contributed by atoms with Crippen LogP contribution in [0.25, 0.3) is 11.8 Å². The summed E-state index contributed by atoms with van der Waals surface area (Å²) >= 11 is 6.06. The van der Waals surface area contributed by atoms with Crippen molar-refractivity contribution in [3.8, 4) is 5.75 Å². The minimum absolute atomic E-state index is 0.170. The Labute approximate surface area is 191 Å². The molecule has 0 fully saturated rings. The van der Waals surface area contributed by atoms with Gasteiger partial charge in [-0.25, -0.2) is 4.79 Å². The van der Waals surface area contributed by atoms with Gasteiger partial charge in [0.25, 0.3) is 5.91 Å². The number of methoxy groups -OCH3 is 2. The summed E-state index contributed by atoms with van der Waals surface area (Å²) in [6, 6.07) is 21.5. The molecule has 160 valence electrons. The first-order chi connectivity index (χ1) is 15.5. The van der Waals surface area contributed by atoms with Gasteiger partial charge in [0.05, 0.1) is 25.5 Å². The van der Waals surface area contributed by atoms with E-state index in [0.29, 0.717) is 21.8 Å². The fraction of sp³-hybridized carbons (Fsp3) is 0.0769. The zero-order chi connectivity index (χ0) is 22.7. The lowest BCUT2D eigenvalue weighted by molar-refractivity contribution is -0.113. The normalized spacial score (nSPS) is 14.5. The van der Waals surface area contributed by atoms with Crippen molar-refractivity contribution in [2.45, 2.75) is 0 Å². The monoisotopic (exact) mass is 445 g/mol. The maximum Gasteiger partial charge on any atom is 0.337 e. The van der Waals surface area contributed by atoms with Crippen LogP contribution < -0.4 is 9.64 Å². The van der Waals surface area contributed by atoms with Gasteiger partial charge in [-0.3, -0.25) is 9.69 Å². The van der Waals surface area contributed by atoms with Crippen LogP contribution in [0.4, 0.5) is 5.69 Å². The predicted molar refractivity (Wildman–Crippen MR) is 126 cm³/mol. The number of benzene rings is 3. The van der Waals surface area contributed by atoms with Gasteiger partial charge in [0.1, 0.15) is 5.75 Å². The van der Waals surface area contributed by atoms with Crippen LogP contribution in [0.15, 0.2) is 84.4 Å². The summed E-state index contributed by atoms with van der Waals surface area (Å²) in [5.74, 6) is 0.143. The SMILES string of the molecule is COC(=O)c1ccc(N2C(=O)/C(=C\c3ccc(OC)cc3)C=C2c2ccc(Cl)cc2)cc1. The largest absolute Gasteiger partial charge is 0.497 e. The predicted octanol–water partition coefficient (Wildman–Crippen LogP) is 5.61. The van der Waals surface area contributed by atoms with Gasteiger partial charge in [-0.2, -0.15) is 0 Å². The molecule has 0 atom stereocenters. The molecule has 0 N–H and O–H groups in total. The zero-order valence-corrected chi connectivity index (χ0v) is 18.3. The van der Waals surface area contributed by atoms with Crippen LogP contribution in [0, 0.1) is 0 Å². The van der Waals surface area contributed by atoms with Crippen molar-refractivity contribution >= 4 is 40.9 Å². The summed E-state index contributed by atoms with van der Waals surface area (Å²) in [5.41, 5.74) is 4.03. The third-order valence-electron chi connectivity index (χ3n) is 5.11. The maximum absolute atomic E-state index is 13.4. The highest BCUT2D eigenvalue weighted by molar-refractivity contribution is 6.30. The summed E-state index contributed by atoms with van der Waals surface area (Å²) in [7, 11) is 2.94. The highest BCUT2D eigenvalue weighted by Gasteiger charge is 2.30. The third-order valence-corrected chi connectivity index (χ3v) is 5.36. The minimum atomic E-state index is -0.433. The first-order valence-corrected chi connectivity index (χ1v) is 10.2. The van der Waals surface area contributed by atoms with Crippen LogP contribution >= 0.6 is 11.6 Å². The Kier molecular flexibility index (Phi) is 6.10. The van der Waals surface area contributed by atoms with E-state index >= 15 is 0 Å². The number of halogens is 1. The van der Waals surface area contributed by atoms with Crippen LogP contribution in [-0.2, 0) is 9.53 Å². The van der Waals surface area contributed by atoms with Crippen molar-refractivity contribution in [2.75, 3.05) is 19.1 Å². The number of ether oxygens (including phenoxy) is 2. The molecule has 0 radical (unpaired) electrons. The Balaban J connectivity index is 1.76. The number of carbonyl (C=O) groups excluding carboxylic acids is 2. The Morgan fingerprint density at radius 3 is 2.16 bits per heavy atom. The molecule has 1 aliphatic heterocycles. The van der Waals surface area contributed by atoms with Crippen molar-refractivity contribution in [1.82, 2.24) is 0 Å². The van der Waals surface area contributed by atoms with E-state index in [-0.39, 0.29) is 5.91 Å². The number of amides is 1. The molecule has 0 bridgehead atoms. The summed E-state index contributed by atoms with van der Waals surface area (Å²) in [6.45, 7) is 0. The smallest absolute Gasteiger partial charge is 0.337 e. The lowest BCUT2D eigenvalue weighted by Crippen LogP contribution is -2.25. The standard InChI is InChI=1S/C26H20ClNO4/c1-31-23-13-3-17(4-14-23)15-20-16-24(18-5-9-21(27)10-6-18)28(25(20)29)22-11-7-19(8-12-22)26(30)32-2/h3-16H,1-2H3/b20-15-. The Morgan fingerprint density at radius 1 is 0.906 bits per heavy atom. The molecule has 4 rings (SSSR count). The molecule has 0 aromatic heterocycles. The molecule has 6 heteroatoms. The van der Waals surface area contributed by atoms with Crippen LogP contribution in [0.2, 0.25) is 5.02 Å². The fourth-order valence-electron chi connectivity index (χ4n) is 3.45. The molecule has 1 heterocycles. The number of anilines is 1. The topological polar surface area (TPSA) is 55.8 Å². The van der Waals surface area contributed by atoms with Gasteiger partial charge in [0.15, 0.2) is 0 Å². The average molecular weight is 446 g/mol. The Hall–Kier alpha value is -3.83. The van der Waals surface area contributed by atoms with Gasteiger partial charge >= 0.3 is 5.97 Å². The quantitative estimate of drug-likeness (QED) is 0.378. The number of carbonyl (C=O) groups is 2. The van der Waals surface area contributed by atoms with Crippen LogP contribution in [0.3, 0.4) is 0 Å². The van der Waals surface area contributed by atoms with E-state index in [1.54, 1.807) is 48.4 Å². The van der Waals surface area contributed by atoms with E-state index in [0.717, 1.165) is 22.6 Å². The number of esters is 1. The van der Waals surface area contributed by atoms with Crippen molar-refractivity contribution < 1.29 is 19.1 Å². The highest BCUT2D eigenvalue weighted by Crippen LogP contribution is 2.36. The van der Waals surface area contributed by atoms with Gasteiger partial charge in [-0.15, -0.1) is 0 Å². The van der Waals surface area contributed by atoms with E-state index in [4.69, 9.17) is 21.1 Å². The second-order valence-corrected chi connectivity index (χ2v) is 7.52. The van der Waals surface area contributed by atoms with Crippen molar-refractivity contribution in [3.05, 3.63) is 106 Å². The van der Waals surface area contributed by atoms with Gasteiger partial charge in [-0.05, 0) is 71.8 Å². The van der Waals surface area contributed by atoms with Crippen molar-refractivity contribution in [1.29, 1.82) is 0 Å². The Bertz CT molecular complexity index is 1210. The summed E-state index contributed by atoms with van der Waals surface area (Å²) < 4.78 is 9.97. The van der Waals surface area contributed by atoms with E-state index in [1.165, 1.54) is 7.11 Å². The van der Waals surface area contributed by atoms with Crippen LogP contribution in [0.1, 0.15) is 21.5 Å². The fourth-order valence-corrected chi connectivity index (χ4v) is 3.58. The number of nitrogens with zero attached hydrogens (tertiary/aromatic N) is 1. The molecule has 1 amide bonds. The highest BCUT2D eigenvalue weighted by atomic mass is 35.5. The van der Waals surface area contributed by atoms with E-state index in [1.807, 2.05) is 48.6 Å². The lowest BCUT2D eigenvalue weighted by Gasteiger charge is -2.21. The first-order valence-electron chi connectivity index (χ1n) is 9.86. The molecular weight excluding hydrogens is 426 g/mol. The molecule has 0 saturated carbocycles. The summed E-state index contributed by atoms with van der Waals surface area (Å²) in [6.07, 6.45) is 3.69. The van der Waals surface area contributed by atoms with Crippen molar-refractivity contribution in [3.63, 3.8) is 0 Å². The minimum Gasteiger partial charge on any atom is -0.497 e. The van der Waals surface area contributed by atoms with Crippen LogP contribution in [-0.4, -0.2) is 26.1 Å². The molecule has 0 spiro atoms. The average Bonchev–Trinajstić information content (AvgIpc) is 3.15. The Morgan fingerprint density at radius 2 is 1.56 bits per heavy atom. The first kappa shape index (κ1) is 21.4. The third kappa shape index (κ3) is 4.29. The molecule has 0 saturated heterocycles. The summed E-state index contributed by atoms with van der Waals surface area (Å²) in [5, 5.41) is 0.613. The lowest BCUT2D eigenvalue weighted by atomic mass is 10.1. The van der Waals surface area contributed by atoms with Crippen molar-refractivity contribution in [2.24, 2.45) is 0 Å². The number of hydrogen-bond donors (Lipinski definition) is 0. The molecule has 0 aliphatic carbocycles. The molecule has 0 unspecified atom stereocenters. The molecule has 3 aromatic rings. The van der Waals surface area contributed by atoms with Gasteiger partial charge in [-0.1, -0.05) is 35.9 Å². The number of rotatable bonds is 5.